The number of ether oxygens (including phenoxy) is 1. The molecule has 0 radical (unpaired) electrons. The van der Waals surface area contributed by atoms with E-state index in [1.807, 2.05) is 0 Å². The number of carbonyl (C=O) groups excluding carboxylic acids is 1. The third-order valence-electron chi connectivity index (χ3n) is 3.91. The Morgan fingerprint density at radius 1 is 1.30 bits per heavy atom. The fraction of sp³-hybridized carbons (Fsp3) is 0.167. The fourth-order valence-electron chi connectivity index (χ4n) is 2.65. The molecule has 1 amide bonds. The number of carbonyl (C=O) groups is 1. The van der Waals surface area contributed by atoms with E-state index >= 15 is 0 Å². The predicted octanol–water partition coefficient (Wildman–Crippen LogP) is 3.93. The topological polar surface area (TPSA) is 76.1 Å². The molecule has 0 spiro atoms. The van der Waals surface area contributed by atoms with Crippen LogP contribution in [0.3, 0.4) is 0 Å². The van der Waals surface area contributed by atoms with Gasteiger partial charge in [-0.05, 0) is 49.5 Å². The van der Waals surface area contributed by atoms with Crippen molar-refractivity contribution in [3.8, 4) is 5.75 Å². The second-order valence-corrected chi connectivity index (χ2v) is 5.96. The Morgan fingerprint density at radius 3 is 2.74 bits per heavy atom. The second-order valence-electron chi connectivity index (χ2n) is 5.57. The monoisotopic (exact) mass is 391 g/mol. The highest BCUT2D eigenvalue weighted by Crippen LogP contribution is 2.26. The zero-order valence-corrected chi connectivity index (χ0v) is 15.0. The van der Waals surface area contributed by atoms with Crippen LogP contribution in [0.4, 0.5) is 14.5 Å². The minimum absolute atomic E-state index is 0.109. The maximum absolute atomic E-state index is 12.5. The first-order valence-electron chi connectivity index (χ1n) is 8.02. The van der Waals surface area contributed by atoms with Crippen LogP contribution in [0.2, 0.25) is 0 Å². The summed E-state index contributed by atoms with van der Waals surface area (Å²) in [6, 6.07) is 10.4. The van der Waals surface area contributed by atoms with E-state index in [0.29, 0.717) is 17.4 Å². The molecule has 0 bridgehead atoms. The van der Waals surface area contributed by atoms with Crippen molar-refractivity contribution in [3.63, 3.8) is 0 Å². The van der Waals surface area contributed by atoms with Gasteiger partial charge >= 0.3 is 6.61 Å². The Morgan fingerprint density at radius 2 is 2.04 bits per heavy atom. The molecule has 3 aromatic rings. The third kappa shape index (κ3) is 3.87. The maximum Gasteiger partial charge on any atom is 0.387 e. The van der Waals surface area contributed by atoms with Crippen molar-refractivity contribution >= 4 is 34.7 Å². The molecule has 0 atom stereocenters. The van der Waals surface area contributed by atoms with Crippen molar-refractivity contribution in [1.82, 2.24) is 9.55 Å². The summed E-state index contributed by atoms with van der Waals surface area (Å²) < 4.78 is 31.0. The molecule has 3 rings (SSSR count). The van der Waals surface area contributed by atoms with Crippen molar-refractivity contribution in [3.05, 3.63) is 63.2 Å². The summed E-state index contributed by atoms with van der Waals surface area (Å²) in [6.07, 6.45) is 0. The van der Waals surface area contributed by atoms with Gasteiger partial charge in [0.2, 0.25) is 0 Å². The smallest absolute Gasteiger partial charge is 0.387 e. The lowest BCUT2D eigenvalue weighted by Gasteiger charge is -2.12. The number of benzene rings is 2. The van der Waals surface area contributed by atoms with Crippen molar-refractivity contribution in [1.29, 1.82) is 0 Å². The van der Waals surface area contributed by atoms with E-state index < -0.39 is 12.5 Å². The summed E-state index contributed by atoms with van der Waals surface area (Å²) in [5.74, 6) is -0.687. The lowest BCUT2D eigenvalue weighted by atomic mass is 10.1. The van der Waals surface area contributed by atoms with Crippen LogP contribution in [0.1, 0.15) is 17.3 Å². The SMILES string of the molecule is CCn1c(=S)[nH]c2cc(C(=O)Nc3ccccc3OC(F)F)ccc2c1=O. The lowest BCUT2D eigenvalue weighted by molar-refractivity contribution is -0.0493. The highest BCUT2D eigenvalue weighted by Gasteiger charge is 2.14. The van der Waals surface area contributed by atoms with Crippen LogP contribution in [0, 0.1) is 4.77 Å². The molecule has 0 aliphatic rings. The number of halogens is 2. The van der Waals surface area contributed by atoms with Gasteiger partial charge in [0.15, 0.2) is 4.77 Å². The number of para-hydroxylation sites is 2. The van der Waals surface area contributed by atoms with Crippen molar-refractivity contribution < 1.29 is 18.3 Å². The highest BCUT2D eigenvalue weighted by molar-refractivity contribution is 7.71. The quantitative estimate of drug-likeness (QED) is 0.646. The van der Waals surface area contributed by atoms with Gasteiger partial charge in [0.05, 0.1) is 16.6 Å². The maximum atomic E-state index is 12.5. The van der Waals surface area contributed by atoms with Crippen molar-refractivity contribution in [2.45, 2.75) is 20.1 Å². The van der Waals surface area contributed by atoms with Crippen molar-refractivity contribution in [2.24, 2.45) is 0 Å². The van der Waals surface area contributed by atoms with Gasteiger partial charge in [-0.25, -0.2) is 0 Å². The normalized spacial score (nSPS) is 11.0. The van der Waals surface area contributed by atoms with E-state index in [0.717, 1.165) is 0 Å². The molecule has 2 aromatic carbocycles. The Balaban J connectivity index is 1.96. The van der Waals surface area contributed by atoms with Crippen molar-refractivity contribution in [2.75, 3.05) is 5.32 Å². The summed E-state index contributed by atoms with van der Waals surface area (Å²) in [6.45, 7) is -0.783. The van der Waals surface area contributed by atoms with Crippen LogP contribution in [0.25, 0.3) is 10.9 Å². The number of aromatic nitrogens is 2. The number of hydrogen-bond acceptors (Lipinski definition) is 4. The second kappa shape index (κ2) is 7.67. The van der Waals surface area contributed by atoms with E-state index in [1.165, 1.54) is 41.0 Å². The number of fused-ring (bicyclic) bond motifs is 1. The van der Waals surface area contributed by atoms with Crippen LogP contribution in [0.5, 0.6) is 5.75 Å². The Kier molecular flexibility index (Phi) is 5.31. The summed E-state index contributed by atoms with van der Waals surface area (Å²) >= 11 is 5.16. The first-order valence-corrected chi connectivity index (χ1v) is 8.43. The largest absolute Gasteiger partial charge is 0.433 e. The van der Waals surface area contributed by atoms with Gasteiger partial charge in [-0.15, -0.1) is 0 Å². The molecule has 0 saturated carbocycles. The standard InChI is InChI=1S/C18H15F2N3O3S/c1-2-23-16(25)11-8-7-10(9-13(11)22-18(23)27)15(24)21-12-5-3-4-6-14(12)26-17(19)20/h3-9,17H,2H2,1H3,(H,21,24)(H,22,27). The number of alkyl halides is 2. The average molecular weight is 391 g/mol. The van der Waals surface area contributed by atoms with E-state index in [2.05, 4.69) is 15.0 Å². The summed E-state index contributed by atoms with van der Waals surface area (Å²) in [5, 5.41) is 2.92. The fourth-order valence-corrected chi connectivity index (χ4v) is 2.97. The van der Waals surface area contributed by atoms with Gasteiger partial charge in [0, 0.05) is 12.1 Å². The molecule has 140 valence electrons. The molecule has 0 aliphatic heterocycles. The van der Waals surface area contributed by atoms with Gasteiger partial charge in [-0.3, -0.25) is 14.2 Å². The van der Waals surface area contributed by atoms with Gasteiger partial charge in [-0.1, -0.05) is 12.1 Å². The minimum atomic E-state index is -3.01. The first kappa shape index (κ1) is 18.7. The van der Waals surface area contributed by atoms with Gasteiger partial charge in [0.1, 0.15) is 5.75 Å². The number of H-pyrrole nitrogens is 1. The number of nitrogens with one attached hydrogen (secondary N) is 2. The lowest BCUT2D eigenvalue weighted by Crippen LogP contribution is -2.21. The zero-order chi connectivity index (χ0) is 19.6. The zero-order valence-electron chi connectivity index (χ0n) is 14.2. The number of rotatable bonds is 5. The van der Waals surface area contributed by atoms with E-state index in [4.69, 9.17) is 12.2 Å². The average Bonchev–Trinajstić information content (AvgIpc) is 2.62. The molecule has 6 nitrogen and oxygen atoms in total. The number of anilines is 1. The van der Waals surface area contributed by atoms with E-state index in [9.17, 15) is 18.4 Å². The Bertz CT molecular complexity index is 1120. The number of amides is 1. The van der Waals surface area contributed by atoms with E-state index in [-0.39, 0.29) is 27.3 Å². The van der Waals surface area contributed by atoms with Gasteiger partial charge in [0.25, 0.3) is 11.5 Å². The Labute approximate surface area is 157 Å². The van der Waals surface area contributed by atoms with Gasteiger partial charge in [-0.2, -0.15) is 8.78 Å². The van der Waals surface area contributed by atoms with Crippen LogP contribution >= 0.6 is 12.2 Å². The Hall–Kier alpha value is -3.07. The molecule has 9 heteroatoms. The number of hydrogen-bond donors (Lipinski definition) is 2. The first-order chi connectivity index (χ1) is 12.9. The number of nitrogens with zero attached hydrogens (tertiary/aromatic N) is 1. The van der Waals surface area contributed by atoms with E-state index in [1.54, 1.807) is 13.0 Å². The molecular weight excluding hydrogens is 376 g/mol. The molecule has 2 N–H and O–H groups in total. The number of aromatic amines is 1. The van der Waals surface area contributed by atoms with Crippen LogP contribution < -0.4 is 15.6 Å². The molecule has 0 aliphatic carbocycles. The van der Waals surface area contributed by atoms with Crippen LogP contribution in [-0.4, -0.2) is 22.1 Å². The summed E-state index contributed by atoms with van der Waals surface area (Å²) in [5.41, 5.74) is 0.504. The summed E-state index contributed by atoms with van der Waals surface area (Å²) in [7, 11) is 0. The summed E-state index contributed by atoms with van der Waals surface area (Å²) in [4.78, 5) is 27.8. The van der Waals surface area contributed by atoms with Gasteiger partial charge < -0.3 is 15.0 Å². The molecule has 1 aromatic heterocycles. The molecule has 1 heterocycles. The highest BCUT2D eigenvalue weighted by atomic mass is 32.1. The molecule has 0 saturated heterocycles. The molecule has 0 unspecified atom stereocenters. The molecule has 27 heavy (non-hydrogen) atoms. The predicted molar refractivity (Wildman–Crippen MR) is 100 cm³/mol. The van der Waals surface area contributed by atoms with Crippen LogP contribution in [0.15, 0.2) is 47.3 Å². The molecule has 0 fully saturated rings. The van der Waals surface area contributed by atoms with Crippen LogP contribution in [-0.2, 0) is 6.54 Å². The molecular formula is C18H15F2N3O3S. The third-order valence-corrected chi connectivity index (χ3v) is 4.23. The minimum Gasteiger partial charge on any atom is -0.433 e.